The first-order chi connectivity index (χ1) is 13.9. The van der Waals surface area contributed by atoms with E-state index in [-0.39, 0.29) is 17.4 Å². The van der Waals surface area contributed by atoms with Gasteiger partial charge in [-0.05, 0) is 64.4 Å². The first-order valence-electron chi connectivity index (χ1n) is 9.86. The van der Waals surface area contributed by atoms with Gasteiger partial charge in [-0.25, -0.2) is 4.98 Å². The van der Waals surface area contributed by atoms with Crippen molar-refractivity contribution in [3.8, 4) is 0 Å². The van der Waals surface area contributed by atoms with Crippen molar-refractivity contribution in [2.75, 3.05) is 23.7 Å². The number of likely N-dealkylation sites (tertiary alicyclic amines) is 1. The molecule has 0 saturated carbocycles. The molecule has 2 amide bonds. The molecule has 0 aromatic carbocycles. The van der Waals surface area contributed by atoms with Gasteiger partial charge in [-0.3, -0.25) is 14.6 Å². The maximum absolute atomic E-state index is 12.9. The molecule has 1 aliphatic heterocycles. The second-order valence-electron chi connectivity index (χ2n) is 7.48. The fourth-order valence-electron chi connectivity index (χ4n) is 3.45. The van der Waals surface area contributed by atoms with E-state index >= 15 is 0 Å². The first-order valence-corrected chi connectivity index (χ1v) is 10.2. The standard InChI is InChI=1S/C21H26ClN5O2/c1-14(2)27-10-3-4-15(8-11-27)20(28)25-18-7-9-23-13-17(18)21(29)26-19-6-5-16(22)12-24-19/h5-7,9,12-15H,3-4,8,10-11H2,1-2H3,(H,23,25,28)(H,24,26,29). The average molecular weight is 416 g/mol. The van der Waals surface area contributed by atoms with Gasteiger partial charge < -0.3 is 15.5 Å². The maximum atomic E-state index is 12.9. The predicted octanol–water partition coefficient (Wildman–Crippen LogP) is 3.83. The Morgan fingerprint density at radius 1 is 1.14 bits per heavy atom. The minimum Gasteiger partial charge on any atom is -0.325 e. The Balaban J connectivity index is 1.67. The first kappa shape index (κ1) is 21.2. The zero-order valence-corrected chi connectivity index (χ0v) is 17.4. The molecule has 1 unspecified atom stereocenters. The van der Waals surface area contributed by atoms with Gasteiger partial charge in [0.15, 0.2) is 0 Å². The third-order valence-electron chi connectivity index (χ3n) is 5.16. The third-order valence-corrected chi connectivity index (χ3v) is 5.38. The molecule has 1 aliphatic rings. The molecule has 29 heavy (non-hydrogen) atoms. The van der Waals surface area contributed by atoms with E-state index in [0.29, 0.717) is 22.6 Å². The Labute approximate surface area is 175 Å². The van der Waals surface area contributed by atoms with Crippen molar-refractivity contribution in [2.45, 2.75) is 39.2 Å². The van der Waals surface area contributed by atoms with Crippen LogP contribution in [0.25, 0.3) is 0 Å². The molecule has 0 radical (unpaired) electrons. The summed E-state index contributed by atoms with van der Waals surface area (Å²) in [6, 6.07) is 5.37. The fraction of sp³-hybridized carbons (Fsp3) is 0.429. The minimum absolute atomic E-state index is 0.0551. The Morgan fingerprint density at radius 3 is 2.69 bits per heavy atom. The number of aromatic nitrogens is 2. The molecule has 3 rings (SSSR count). The quantitative estimate of drug-likeness (QED) is 0.774. The zero-order valence-electron chi connectivity index (χ0n) is 16.7. The maximum Gasteiger partial charge on any atom is 0.260 e. The smallest absolute Gasteiger partial charge is 0.260 e. The van der Waals surface area contributed by atoms with E-state index in [2.05, 4.69) is 39.3 Å². The summed E-state index contributed by atoms with van der Waals surface area (Å²) in [4.78, 5) is 36.0. The van der Waals surface area contributed by atoms with Gasteiger partial charge in [0.05, 0.1) is 16.3 Å². The Hall–Kier alpha value is -2.51. The lowest BCUT2D eigenvalue weighted by Crippen LogP contribution is -2.32. The summed E-state index contributed by atoms with van der Waals surface area (Å²) < 4.78 is 0. The largest absolute Gasteiger partial charge is 0.325 e. The molecular weight excluding hydrogens is 390 g/mol. The second kappa shape index (κ2) is 9.80. The number of rotatable bonds is 5. The van der Waals surface area contributed by atoms with Gasteiger partial charge in [-0.1, -0.05) is 11.6 Å². The summed E-state index contributed by atoms with van der Waals surface area (Å²) in [5.74, 6) is -0.144. The van der Waals surface area contributed by atoms with E-state index < -0.39 is 5.91 Å². The molecule has 154 valence electrons. The number of hydrogen-bond donors (Lipinski definition) is 2. The lowest BCUT2D eigenvalue weighted by atomic mass is 9.99. The van der Waals surface area contributed by atoms with Crippen molar-refractivity contribution < 1.29 is 9.59 Å². The van der Waals surface area contributed by atoms with Gasteiger partial charge in [0.1, 0.15) is 5.82 Å². The highest BCUT2D eigenvalue weighted by Gasteiger charge is 2.25. The molecule has 2 N–H and O–H groups in total. The van der Waals surface area contributed by atoms with Gasteiger partial charge in [0.2, 0.25) is 5.91 Å². The second-order valence-corrected chi connectivity index (χ2v) is 7.92. The zero-order chi connectivity index (χ0) is 20.8. The van der Waals surface area contributed by atoms with Crippen LogP contribution in [-0.4, -0.2) is 45.8 Å². The molecule has 1 fully saturated rings. The van der Waals surface area contributed by atoms with Gasteiger partial charge >= 0.3 is 0 Å². The summed E-state index contributed by atoms with van der Waals surface area (Å²) in [5.41, 5.74) is 0.733. The molecule has 1 saturated heterocycles. The van der Waals surface area contributed by atoms with E-state index in [1.807, 2.05) is 0 Å². The van der Waals surface area contributed by atoms with Crippen molar-refractivity contribution in [3.05, 3.63) is 47.4 Å². The van der Waals surface area contributed by atoms with Crippen LogP contribution in [0.3, 0.4) is 0 Å². The lowest BCUT2D eigenvalue weighted by Gasteiger charge is -2.24. The molecular formula is C21H26ClN5O2. The minimum atomic E-state index is -0.393. The highest BCUT2D eigenvalue weighted by atomic mass is 35.5. The number of nitrogens with zero attached hydrogens (tertiary/aromatic N) is 3. The summed E-state index contributed by atoms with van der Waals surface area (Å²) in [5, 5.41) is 6.11. The Kier molecular flexibility index (Phi) is 7.17. The van der Waals surface area contributed by atoms with Crippen LogP contribution in [0.1, 0.15) is 43.5 Å². The summed E-state index contributed by atoms with van der Waals surface area (Å²) in [6.45, 7) is 6.27. The van der Waals surface area contributed by atoms with Crippen molar-refractivity contribution in [1.82, 2.24) is 14.9 Å². The monoisotopic (exact) mass is 415 g/mol. The molecule has 2 aromatic heterocycles. The van der Waals surface area contributed by atoms with Gasteiger partial charge in [-0.15, -0.1) is 0 Å². The van der Waals surface area contributed by atoms with E-state index in [9.17, 15) is 9.59 Å². The highest BCUT2D eigenvalue weighted by Crippen LogP contribution is 2.23. The Bertz CT molecular complexity index is 856. The van der Waals surface area contributed by atoms with Gasteiger partial charge in [0.25, 0.3) is 5.91 Å². The number of pyridine rings is 2. The van der Waals surface area contributed by atoms with Gasteiger partial charge in [-0.2, -0.15) is 0 Å². The molecule has 7 nitrogen and oxygen atoms in total. The Morgan fingerprint density at radius 2 is 1.97 bits per heavy atom. The normalized spacial score (nSPS) is 17.6. The molecule has 3 heterocycles. The number of amides is 2. The van der Waals surface area contributed by atoms with Crippen molar-refractivity contribution in [3.63, 3.8) is 0 Å². The van der Waals surface area contributed by atoms with Gasteiger partial charge in [0, 0.05) is 30.6 Å². The van der Waals surface area contributed by atoms with E-state index in [4.69, 9.17) is 11.6 Å². The van der Waals surface area contributed by atoms with Crippen molar-refractivity contribution in [1.29, 1.82) is 0 Å². The van der Waals surface area contributed by atoms with Crippen LogP contribution in [0.5, 0.6) is 0 Å². The van der Waals surface area contributed by atoms with Crippen LogP contribution < -0.4 is 10.6 Å². The molecule has 0 aliphatic carbocycles. The van der Waals surface area contributed by atoms with Crippen molar-refractivity contribution >= 4 is 34.9 Å². The number of anilines is 2. The summed E-state index contributed by atoms with van der Waals surface area (Å²) >= 11 is 5.82. The molecule has 1 atom stereocenters. The fourth-order valence-corrected chi connectivity index (χ4v) is 3.56. The van der Waals surface area contributed by atoms with Crippen LogP contribution >= 0.6 is 11.6 Å². The molecule has 2 aromatic rings. The lowest BCUT2D eigenvalue weighted by molar-refractivity contribution is -0.120. The van der Waals surface area contributed by atoms with Crippen molar-refractivity contribution in [2.24, 2.45) is 5.92 Å². The average Bonchev–Trinajstić information content (AvgIpc) is 2.96. The molecule has 0 spiro atoms. The van der Waals surface area contributed by atoms with E-state index in [0.717, 1.165) is 32.4 Å². The number of carbonyl (C=O) groups excluding carboxylic acids is 2. The van der Waals surface area contributed by atoms with E-state index in [1.165, 1.54) is 12.4 Å². The summed E-state index contributed by atoms with van der Waals surface area (Å²) in [7, 11) is 0. The topological polar surface area (TPSA) is 87.2 Å². The summed E-state index contributed by atoms with van der Waals surface area (Å²) in [6.07, 6.45) is 7.09. The SMILES string of the molecule is CC(C)N1CCCC(C(=O)Nc2ccncc2C(=O)Nc2ccc(Cl)cn2)CC1. The van der Waals surface area contributed by atoms with Crippen LogP contribution in [0.2, 0.25) is 5.02 Å². The van der Waals surface area contributed by atoms with Crippen LogP contribution in [0.15, 0.2) is 36.8 Å². The number of nitrogens with one attached hydrogen (secondary N) is 2. The van der Waals surface area contributed by atoms with E-state index in [1.54, 1.807) is 24.4 Å². The number of carbonyl (C=O) groups is 2. The van der Waals surface area contributed by atoms with Crippen LogP contribution in [0.4, 0.5) is 11.5 Å². The van der Waals surface area contributed by atoms with Crippen LogP contribution in [0, 0.1) is 5.92 Å². The predicted molar refractivity (Wildman–Crippen MR) is 114 cm³/mol. The molecule has 8 heteroatoms. The van der Waals surface area contributed by atoms with Crippen LogP contribution in [-0.2, 0) is 4.79 Å². The third kappa shape index (κ3) is 5.74. The number of hydrogen-bond acceptors (Lipinski definition) is 5. The highest BCUT2D eigenvalue weighted by molar-refractivity contribution is 6.30. The molecule has 0 bridgehead atoms. The number of halogens is 1.